The summed E-state index contributed by atoms with van der Waals surface area (Å²) in [4.78, 5) is 16.5. The van der Waals surface area contributed by atoms with Crippen molar-refractivity contribution in [2.45, 2.75) is 13.3 Å². The zero-order valence-electron chi connectivity index (χ0n) is 15.5. The topological polar surface area (TPSA) is 59.3 Å². The number of fused-ring (bicyclic) bond motifs is 1. The van der Waals surface area contributed by atoms with Gasteiger partial charge < -0.3 is 4.57 Å². The number of nitrogens with one attached hydrogen (secondary N) is 1. The van der Waals surface area contributed by atoms with Crippen LogP contribution in [0.25, 0.3) is 16.6 Å². The van der Waals surface area contributed by atoms with E-state index in [2.05, 4.69) is 51.3 Å². The van der Waals surface area contributed by atoms with E-state index in [1.807, 2.05) is 42.5 Å². The van der Waals surface area contributed by atoms with Crippen LogP contribution in [0.15, 0.2) is 84.2 Å². The highest BCUT2D eigenvalue weighted by Gasteiger charge is 2.17. The Balaban J connectivity index is 1.61. The number of amides is 1. The highest BCUT2D eigenvalue weighted by molar-refractivity contribution is 5.92. The molecule has 5 heteroatoms. The molecule has 1 amide bonds. The Labute approximate surface area is 163 Å². The summed E-state index contributed by atoms with van der Waals surface area (Å²) in [7, 11) is 0. The molecule has 28 heavy (non-hydrogen) atoms. The van der Waals surface area contributed by atoms with Crippen molar-refractivity contribution in [3.8, 4) is 5.69 Å². The number of pyridine rings is 1. The van der Waals surface area contributed by atoms with E-state index in [1.165, 1.54) is 0 Å². The van der Waals surface area contributed by atoms with E-state index in [1.54, 1.807) is 18.6 Å². The van der Waals surface area contributed by atoms with Crippen molar-refractivity contribution in [3.05, 3.63) is 95.9 Å². The first kappa shape index (κ1) is 17.7. The molecule has 0 aliphatic carbocycles. The van der Waals surface area contributed by atoms with Crippen LogP contribution in [0.1, 0.15) is 16.8 Å². The average molecular weight is 368 g/mol. The Morgan fingerprint density at radius 2 is 1.86 bits per heavy atom. The number of carbonyl (C=O) groups is 1. The Bertz CT molecular complexity index is 1130. The first-order valence-corrected chi connectivity index (χ1v) is 9.10. The van der Waals surface area contributed by atoms with E-state index in [-0.39, 0.29) is 12.3 Å². The molecule has 138 valence electrons. The van der Waals surface area contributed by atoms with E-state index in [0.717, 1.165) is 33.4 Å². The van der Waals surface area contributed by atoms with Gasteiger partial charge in [-0.3, -0.25) is 9.78 Å². The maximum Gasteiger partial charge on any atom is 0.244 e. The number of hydrazone groups is 1. The molecule has 1 N–H and O–H groups in total. The van der Waals surface area contributed by atoms with Crippen LogP contribution in [0, 0.1) is 6.92 Å². The summed E-state index contributed by atoms with van der Waals surface area (Å²) in [5.74, 6) is -0.154. The third kappa shape index (κ3) is 3.55. The fourth-order valence-corrected chi connectivity index (χ4v) is 3.40. The third-order valence-electron chi connectivity index (χ3n) is 4.68. The van der Waals surface area contributed by atoms with Crippen LogP contribution in [-0.2, 0) is 11.2 Å². The predicted octanol–water partition coefficient (Wildman–Crippen LogP) is 4.03. The van der Waals surface area contributed by atoms with Crippen molar-refractivity contribution < 1.29 is 4.79 Å². The van der Waals surface area contributed by atoms with Crippen molar-refractivity contribution in [2.24, 2.45) is 5.10 Å². The van der Waals surface area contributed by atoms with E-state index < -0.39 is 0 Å². The van der Waals surface area contributed by atoms with Gasteiger partial charge in [0.25, 0.3) is 0 Å². The largest absolute Gasteiger partial charge is 0.314 e. The molecule has 2 heterocycles. The molecule has 0 unspecified atom stereocenters. The molecule has 4 rings (SSSR count). The van der Waals surface area contributed by atoms with Crippen molar-refractivity contribution in [3.63, 3.8) is 0 Å². The van der Waals surface area contributed by atoms with Crippen molar-refractivity contribution in [1.82, 2.24) is 15.0 Å². The smallest absolute Gasteiger partial charge is 0.244 e. The second-order valence-corrected chi connectivity index (χ2v) is 6.51. The number of hydrogen-bond donors (Lipinski definition) is 1. The van der Waals surface area contributed by atoms with Crippen LogP contribution in [0.3, 0.4) is 0 Å². The summed E-state index contributed by atoms with van der Waals surface area (Å²) < 4.78 is 2.19. The second-order valence-electron chi connectivity index (χ2n) is 6.51. The number of benzene rings is 2. The molecule has 2 aromatic carbocycles. The molecule has 0 aliphatic rings. The minimum Gasteiger partial charge on any atom is -0.314 e. The standard InChI is InChI=1S/C23H20N4O/c1-17-21(14-23(28)26-25-16-18-8-7-13-24-15-18)20-11-5-6-12-22(20)27(17)19-9-3-2-4-10-19/h2-13,15-16H,14H2,1H3,(H,26,28)/b25-16-. The molecular formula is C23H20N4O. The molecule has 0 aliphatic heterocycles. The highest BCUT2D eigenvalue weighted by Crippen LogP contribution is 2.29. The zero-order chi connectivity index (χ0) is 19.3. The van der Waals surface area contributed by atoms with Crippen LogP contribution in [0.2, 0.25) is 0 Å². The normalized spacial score (nSPS) is 11.2. The zero-order valence-corrected chi connectivity index (χ0v) is 15.5. The van der Waals surface area contributed by atoms with E-state index in [0.29, 0.717) is 0 Å². The molecule has 0 radical (unpaired) electrons. The molecule has 0 saturated heterocycles. The monoisotopic (exact) mass is 368 g/mol. The van der Waals surface area contributed by atoms with Gasteiger partial charge in [0.15, 0.2) is 0 Å². The lowest BCUT2D eigenvalue weighted by Gasteiger charge is -2.08. The fraction of sp³-hybridized carbons (Fsp3) is 0.0870. The summed E-state index contributed by atoms with van der Waals surface area (Å²) in [6, 6.07) is 22.0. The fourth-order valence-electron chi connectivity index (χ4n) is 3.40. The molecule has 0 fully saturated rings. The van der Waals surface area contributed by atoms with Gasteiger partial charge in [-0.05, 0) is 36.8 Å². The van der Waals surface area contributed by atoms with E-state index >= 15 is 0 Å². The minimum absolute atomic E-state index is 0.154. The first-order chi connectivity index (χ1) is 13.7. The third-order valence-corrected chi connectivity index (χ3v) is 4.68. The quantitative estimate of drug-likeness (QED) is 0.427. The summed E-state index contributed by atoms with van der Waals surface area (Å²) in [5.41, 5.74) is 7.68. The van der Waals surface area contributed by atoms with Crippen LogP contribution in [-0.4, -0.2) is 21.7 Å². The minimum atomic E-state index is -0.154. The number of hydrogen-bond acceptors (Lipinski definition) is 3. The van der Waals surface area contributed by atoms with Gasteiger partial charge in [-0.2, -0.15) is 5.10 Å². The lowest BCUT2D eigenvalue weighted by atomic mass is 10.1. The number of nitrogens with zero attached hydrogens (tertiary/aromatic N) is 3. The Morgan fingerprint density at radius 1 is 1.07 bits per heavy atom. The molecule has 5 nitrogen and oxygen atoms in total. The van der Waals surface area contributed by atoms with Crippen molar-refractivity contribution in [2.75, 3.05) is 0 Å². The lowest BCUT2D eigenvalue weighted by molar-refractivity contribution is -0.120. The molecule has 0 saturated carbocycles. The summed E-state index contributed by atoms with van der Waals surface area (Å²) >= 11 is 0. The van der Waals surface area contributed by atoms with Crippen LogP contribution in [0.4, 0.5) is 0 Å². The number of aromatic nitrogens is 2. The van der Waals surface area contributed by atoms with Gasteiger partial charge in [0, 0.05) is 34.7 Å². The average Bonchev–Trinajstić information content (AvgIpc) is 3.01. The maximum absolute atomic E-state index is 12.5. The van der Waals surface area contributed by atoms with Gasteiger partial charge in [0.2, 0.25) is 5.91 Å². The lowest BCUT2D eigenvalue weighted by Crippen LogP contribution is -2.20. The summed E-state index contributed by atoms with van der Waals surface area (Å²) in [5, 5.41) is 5.12. The molecule has 0 spiro atoms. The Kier molecular flexibility index (Phi) is 4.97. The first-order valence-electron chi connectivity index (χ1n) is 9.10. The number of carbonyl (C=O) groups excluding carboxylic acids is 1. The van der Waals surface area contributed by atoms with Gasteiger partial charge in [0.05, 0.1) is 18.2 Å². The Hall–Kier alpha value is -3.73. The van der Waals surface area contributed by atoms with Gasteiger partial charge in [-0.25, -0.2) is 5.43 Å². The van der Waals surface area contributed by atoms with Gasteiger partial charge in [-0.1, -0.05) is 42.5 Å². The Morgan fingerprint density at radius 3 is 2.64 bits per heavy atom. The molecule has 2 aromatic heterocycles. The second kappa shape index (κ2) is 7.88. The van der Waals surface area contributed by atoms with Crippen LogP contribution in [0.5, 0.6) is 0 Å². The SMILES string of the molecule is Cc1c(CC(=O)N/N=C\c2cccnc2)c2ccccc2n1-c1ccccc1. The van der Waals surface area contributed by atoms with Crippen LogP contribution < -0.4 is 5.43 Å². The van der Waals surface area contributed by atoms with Gasteiger partial charge in [0.1, 0.15) is 0 Å². The molecular weight excluding hydrogens is 348 g/mol. The maximum atomic E-state index is 12.5. The summed E-state index contributed by atoms with van der Waals surface area (Å²) in [6.45, 7) is 2.05. The number of rotatable bonds is 5. The van der Waals surface area contributed by atoms with Crippen molar-refractivity contribution >= 4 is 23.0 Å². The number of para-hydroxylation sites is 2. The van der Waals surface area contributed by atoms with Gasteiger partial charge >= 0.3 is 0 Å². The predicted molar refractivity (Wildman–Crippen MR) is 112 cm³/mol. The summed E-state index contributed by atoms with van der Waals surface area (Å²) in [6.07, 6.45) is 5.23. The molecule has 0 atom stereocenters. The molecule has 4 aromatic rings. The van der Waals surface area contributed by atoms with Crippen molar-refractivity contribution in [1.29, 1.82) is 0 Å². The molecule has 0 bridgehead atoms. The van der Waals surface area contributed by atoms with Crippen LogP contribution >= 0.6 is 0 Å². The highest BCUT2D eigenvalue weighted by atomic mass is 16.2. The van der Waals surface area contributed by atoms with E-state index in [4.69, 9.17) is 0 Å². The van der Waals surface area contributed by atoms with E-state index in [9.17, 15) is 4.79 Å². The van der Waals surface area contributed by atoms with Gasteiger partial charge in [-0.15, -0.1) is 0 Å².